The zero-order chi connectivity index (χ0) is 78.5. The number of ketones is 1. The Bertz CT molecular complexity index is 2400. The van der Waals surface area contributed by atoms with Crippen LogP contribution < -0.4 is 0 Å². The lowest BCUT2D eigenvalue weighted by Gasteiger charge is -2.39. The Balaban J connectivity index is 0.000000119. The molecule has 0 saturated heterocycles. The van der Waals surface area contributed by atoms with Crippen molar-refractivity contribution < 1.29 is 24.5 Å². The van der Waals surface area contributed by atoms with Crippen LogP contribution in [0.2, 0.25) is 0 Å². The molecule has 6 heteroatoms. The Morgan fingerprint density at radius 1 is 0.246 bits per heavy atom. The number of Topliss-reactive ketones (excluding diaryl/α,β-unsaturated/α-hetero) is 1. The highest BCUT2D eigenvalue weighted by Gasteiger charge is 2.41. The van der Waals surface area contributed by atoms with Crippen LogP contribution in [-0.2, 0) is 14.3 Å². The van der Waals surface area contributed by atoms with Crippen LogP contribution in [0.4, 0.5) is 0 Å². The van der Waals surface area contributed by atoms with Gasteiger partial charge in [0.1, 0.15) is 12.1 Å². The van der Waals surface area contributed by atoms with E-state index in [0.717, 1.165) is 161 Å². The first-order valence-corrected chi connectivity index (χ1v) is 54.2. The fraction of sp³-hybridized carbons (Fsp3) is 0.963. The number of allylic oxidation sites excluding steroid dienone is 1. The van der Waals surface area contributed by atoms with E-state index in [1.807, 2.05) is 6.26 Å². The average molecular weight is 1640 g/mol. The summed E-state index contributed by atoms with van der Waals surface area (Å²) in [4.78, 5) is 22.2. The molecule has 5 nitrogen and oxygen atoms in total. The van der Waals surface area contributed by atoms with Gasteiger partial charge in [-0.05, 0) is 461 Å². The van der Waals surface area contributed by atoms with Crippen molar-refractivity contribution >= 4 is 28.0 Å². The molecule has 0 amide bonds. The van der Waals surface area contributed by atoms with Crippen molar-refractivity contribution in [1.29, 1.82) is 0 Å². The van der Waals surface area contributed by atoms with E-state index < -0.39 is 0 Å². The second-order valence-electron chi connectivity index (χ2n) is 45.2. The van der Waals surface area contributed by atoms with Gasteiger partial charge in [-0.15, -0.1) is 0 Å². The number of aliphatic hydroxyl groups excluding tert-OH is 2. The molecule has 0 spiro atoms. The van der Waals surface area contributed by atoms with Crippen LogP contribution in [0.15, 0.2) is 11.8 Å². The van der Waals surface area contributed by atoms with Crippen molar-refractivity contribution in [2.24, 2.45) is 166 Å². The molecule has 0 aromatic carbocycles. The number of carbonyl (C=O) groups excluding carboxylic acids is 2. The normalized spacial score (nSPS) is 39.7. The van der Waals surface area contributed by atoms with Crippen LogP contribution in [0, 0.1) is 166 Å². The van der Waals surface area contributed by atoms with Crippen LogP contribution >= 0.6 is 15.9 Å². The molecule has 18 saturated carbocycles. The van der Waals surface area contributed by atoms with E-state index >= 15 is 0 Å². The third-order valence-electron chi connectivity index (χ3n) is 39.3. The number of hydrogen-bond acceptors (Lipinski definition) is 5. The maximum atomic E-state index is 11.3. The summed E-state index contributed by atoms with van der Waals surface area (Å²) in [6, 6.07) is 0. The number of methoxy groups -OCH3 is 1. The molecule has 0 atom stereocenters. The van der Waals surface area contributed by atoms with Gasteiger partial charge in [-0.1, -0.05) is 170 Å². The van der Waals surface area contributed by atoms with Crippen LogP contribution in [0.1, 0.15) is 462 Å². The fourth-order valence-electron chi connectivity index (χ4n) is 31.6. The molecule has 0 unspecified atom stereocenters. The summed E-state index contributed by atoms with van der Waals surface area (Å²) in [5.41, 5.74) is 1.54. The zero-order valence-electron chi connectivity index (χ0n) is 74.9. The van der Waals surface area contributed by atoms with Gasteiger partial charge in [-0.2, -0.15) is 0 Å². The Labute approximate surface area is 713 Å². The topological polar surface area (TPSA) is 83.8 Å². The molecule has 0 bridgehead atoms. The van der Waals surface area contributed by atoms with Gasteiger partial charge < -0.3 is 19.7 Å². The summed E-state index contributed by atoms with van der Waals surface area (Å²) >= 11 is 3.67. The molecule has 18 fully saturated rings. The van der Waals surface area contributed by atoms with E-state index in [0.29, 0.717) is 36.8 Å². The highest BCUT2D eigenvalue weighted by Crippen LogP contribution is 2.53. The summed E-state index contributed by atoms with van der Waals surface area (Å²) < 4.78 is 5.17. The molecule has 114 heavy (non-hydrogen) atoms. The second kappa shape index (κ2) is 49.7. The summed E-state index contributed by atoms with van der Waals surface area (Å²) in [7, 11) is 1.78. The maximum Gasteiger partial charge on any atom is 0.132 e. The molecule has 18 aliphatic carbocycles. The Morgan fingerprint density at radius 3 is 0.596 bits per heavy atom. The van der Waals surface area contributed by atoms with Gasteiger partial charge in [0.15, 0.2) is 0 Å². The lowest BCUT2D eigenvalue weighted by Crippen LogP contribution is -2.28. The van der Waals surface area contributed by atoms with Gasteiger partial charge in [0.2, 0.25) is 0 Å². The first kappa shape index (κ1) is 91.0. The fourth-order valence-corrected chi connectivity index (χ4v) is 32.2. The summed E-state index contributed by atoms with van der Waals surface area (Å²) in [6.45, 7) is 0.863. The van der Waals surface area contributed by atoms with Crippen molar-refractivity contribution in [1.82, 2.24) is 0 Å². The van der Waals surface area contributed by atoms with E-state index in [4.69, 9.17) is 4.74 Å². The first-order chi connectivity index (χ1) is 56.1. The van der Waals surface area contributed by atoms with Crippen LogP contribution in [0.25, 0.3) is 0 Å². The van der Waals surface area contributed by atoms with Crippen LogP contribution in [-0.4, -0.2) is 47.9 Å². The van der Waals surface area contributed by atoms with Gasteiger partial charge in [-0.3, -0.25) is 4.79 Å². The number of rotatable bonds is 17. The lowest BCUT2D eigenvalue weighted by molar-refractivity contribution is -0.121. The van der Waals surface area contributed by atoms with E-state index in [9.17, 15) is 19.8 Å². The molecular weight excluding hydrogens is 1460 g/mol. The minimum Gasteiger partial charge on any atom is -0.504 e. The molecule has 18 rings (SSSR count). The van der Waals surface area contributed by atoms with Gasteiger partial charge in [0.25, 0.3) is 0 Å². The largest absolute Gasteiger partial charge is 0.504 e. The SMILES string of the molecule is BrCC1CCC(C2CCC(C3CCCC3)CC2)CC1.COC=C1CCC(C2CCC(C3CCCC3)CC2)CC1.O=C1CCC(C2CCC(C3CCCC3)CC2)CC1.O=CC1CCC(C2CCC(C3CCCC3)CC2)CC1.OCC1CCC(C2CCC(C3CCCC3)CC2)CC1.OCC1CCC(C2CCC(C3CCCC3)CC2)CC1. The smallest absolute Gasteiger partial charge is 0.132 e. The van der Waals surface area contributed by atoms with Crippen LogP contribution in [0.3, 0.4) is 0 Å². The molecule has 0 aromatic rings. The number of aldehydes is 1. The predicted molar refractivity (Wildman–Crippen MR) is 484 cm³/mol. The summed E-state index contributed by atoms with van der Waals surface area (Å²) in [6.07, 6.45) is 108. The monoisotopic (exact) mass is 1640 g/mol. The maximum absolute atomic E-state index is 11.3. The Hall–Kier alpha value is -0.720. The third-order valence-corrected chi connectivity index (χ3v) is 40.2. The Kier molecular flexibility index (Phi) is 39.7. The number of halogens is 1. The third kappa shape index (κ3) is 27.9. The number of alkyl halides is 1. The highest BCUT2D eigenvalue weighted by atomic mass is 79.9. The van der Waals surface area contributed by atoms with Crippen LogP contribution in [0.5, 0.6) is 0 Å². The molecule has 0 aromatic heterocycles. The van der Waals surface area contributed by atoms with Crippen molar-refractivity contribution in [3.8, 4) is 0 Å². The Morgan fingerprint density at radius 2 is 0.412 bits per heavy atom. The number of ether oxygens (including phenoxy) is 1. The zero-order valence-corrected chi connectivity index (χ0v) is 76.4. The standard InChI is InChI=1S/C19H32O.C18H31Br.2C18H32O.C18H30O.C17H28O/c1-20-14-15-6-8-17(9-7-15)19-12-10-18(11-13-19)16-4-2-3-5-16;4*19-13-14-5-7-16(8-6-14)18-11-9-17(10-12-18)15-3-1-2-4-15;18-17-11-9-16(10-12-17)15-7-5-14(6-8-15)13-3-1-2-4-13/h14,16-19H,2-13H2,1H3;14-18H,1-13H2;2*14-19H,1-13H2;13-18H,1-12H2;13-16H,1-12H2. The highest BCUT2D eigenvalue weighted by molar-refractivity contribution is 9.09. The van der Waals surface area contributed by atoms with Gasteiger partial charge in [-0.25, -0.2) is 0 Å². The molecule has 0 radical (unpaired) electrons. The van der Waals surface area contributed by atoms with Gasteiger partial charge >= 0.3 is 0 Å². The predicted octanol–water partition coefficient (Wildman–Crippen LogP) is 31.2. The van der Waals surface area contributed by atoms with E-state index in [-0.39, 0.29) is 0 Å². The van der Waals surface area contributed by atoms with Crippen molar-refractivity contribution in [2.45, 2.75) is 462 Å². The quantitative estimate of drug-likeness (QED) is 0.0861. The van der Waals surface area contributed by atoms with E-state index in [2.05, 4.69) is 15.9 Å². The molecule has 0 heterocycles. The van der Waals surface area contributed by atoms with Gasteiger partial charge in [0.05, 0.1) is 13.4 Å². The molecule has 654 valence electrons. The molecule has 2 N–H and O–H groups in total. The minimum atomic E-state index is 0.395. The van der Waals surface area contributed by atoms with Gasteiger partial charge in [0, 0.05) is 37.3 Å². The van der Waals surface area contributed by atoms with E-state index in [1.165, 1.54) is 397 Å². The number of carbonyl (C=O) groups is 2. The first-order valence-electron chi connectivity index (χ1n) is 53.1. The lowest BCUT2D eigenvalue weighted by atomic mass is 9.67. The van der Waals surface area contributed by atoms with E-state index in [1.54, 1.807) is 76.9 Å². The molecule has 0 aliphatic heterocycles. The molecule has 18 aliphatic rings. The molecular formula is C108H185BrO5. The summed E-state index contributed by atoms with van der Waals surface area (Å²) in [5.74, 6) is 28.5. The number of hydrogen-bond donors (Lipinski definition) is 2. The van der Waals surface area contributed by atoms with Crippen molar-refractivity contribution in [3.63, 3.8) is 0 Å². The van der Waals surface area contributed by atoms with Crippen molar-refractivity contribution in [2.75, 3.05) is 25.7 Å². The number of aliphatic hydroxyl groups is 2. The minimum absolute atomic E-state index is 0.395. The second-order valence-corrected chi connectivity index (χ2v) is 45.9. The van der Waals surface area contributed by atoms with Crippen molar-refractivity contribution in [3.05, 3.63) is 11.8 Å². The summed E-state index contributed by atoms with van der Waals surface area (Å²) in [5, 5.41) is 19.7. The average Bonchev–Trinajstić information content (AvgIpc) is 1.46.